The third kappa shape index (κ3) is 6.66. The Labute approximate surface area is 129 Å². The van der Waals surface area contributed by atoms with Gasteiger partial charge in [-0.3, -0.25) is 5.32 Å². The summed E-state index contributed by atoms with van der Waals surface area (Å²) in [5.74, 6) is 0. The maximum absolute atomic E-state index is 11.7. The zero-order valence-corrected chi connectivity index (χ0v) is 13.1. The smallest absolute Gasteiger partial charge is 0.412 e. The summed E-state index contributed by atoms with van der Waals surface area (Å²) in [6, 6.07) is 4.93. The van der Waals surface area contributed by atoms with E-state index in [9.17, 15) is 9.90 Å². The fourth-order valence-corrected chi connectivity index (χ4v) is 1.67. The van der Waals surface area contributed by atoms with Gasteiger partial charge < -0.3 is 20.3 Å². The highest BCUT2D eigenvalue weighted by molar-refractivity contribution is 6.33. The highest BCUT2D eigenvalue weighted by Crippen LogP contribution is 2.26. The van der Waals surface area contributed by atoms with Crippen molar-refractivity contribution in [1.29, 1.82) is 0 Å². The van der Waals surface area contributed by atoms with Crippen LogP contribution in [-0.4, -0.2) is 41.2 Å². The second kappa shape index (κ2) is 7.49. The van der Waals surface area contributed by atoms with Crippen molar-refractivity contribution >= 4 is 29.1 Å². The Hall–Kier alpha value is -1.50. The summed E-state index contributed by atoms with van der Waals surface area (Å²) in [6.45, 7) is 5.19. The number of amides is 1. The van der Waals surface area contributed by atoms with Gasteiger partial charge in [0, 0.05) is 12.2 Å². The minimum Gasteiger partial charge on any atom is -0.444 e. The lowest BCUT2D eigenvalue weighted by molar-refractivity contribution is 0.0636. The lowest BCUT2D eigenvalue weighted by Gasteiger charge is -2.20. The Morgan fingerprint density at radius 2 is 2.10 bits per heavy atom. The van der Waals surface area contributed by atoms with Gasteiger partial charge in [0.1, 0.15) is 5.60 Å². The third-order valence-electron chi connectivity index (χ3n) is 2.36. The second-order valence-electron chi connectivity index (χ2n) is 5.54. The SMILES string of the molecule is CC(C)(C)OC(=O)Nc1ccc(NCC(O)CO)cc1Cl. The zero-order valence-electron chi connectivity index (χ0n) is 12.3. The van der Waals surface area contributed by atoms with E-state index in [0.29, 0.717) is 16.4 Å². The molecule has 6 nitrogen and oxygen atoms in total. The van der Waals surface area contributed by atoms with Crippen molar-refractivity contribution in [3.63, 3.8) is 0 Å². The molecule has 1 atom stereocenters. The van der Waals surface area contributed by atoms with E-state index in [4.69, 9.17) is 21.4 Å². The van der Waals surface area contributed by atoms with Gasteiger partial charge in [0.2, 0.25) is 0 Å². The first kappa shape index (κ1) is 17.6. The lowest BCUT2D eigenvalue weighted by Crippen LogP contribution is -2.27. The van der Waals surface area contributed by atoms with Crippen LogP contribution in [0.2, 0.25) is 5.02 Å². The summed E-state index contributed by atoms with van der Waals surface area (Å²) in [5, 5.41) is 23.8. The molecule has 0 heterocycles. The minimum absolute atomic E-state index is 0.200. The first-order valence-corrected chi connectivity index (χ1v) is 6.91. The lowest BCUT2D eigenvalue weighted by atomic mass is 10.2. The number of hydrogen-bond donors (Lipinski definition) is 4. The number of benzene rings is 1. The van der Waals surface area contributed by atoms with Crippen LogP contribution in [0.1, 0.15) is 20.8 Å². The molecular formula is C14H21ClN2O4. The maximum Gasteiger partial charge on any atom is 0.412 e. The van der Waals surface area contributed by atoms with Gasteiger partial charge >= 0.3 is 6.09 Å². The van der Waals surface area contributed by atoms with E-state index in [1.807, 2.05) is 0 Å². The Kier molecular flexibility index (Phi) is 6.26. The fraction of sp³-hybridized carbons (Fsp3) is 0.500. The van der Waals surface area contributed by atoms with Crippen molar-refractivity contribution in [2.45, 2.75) is 32.5 Å². The molecule has 1 aromatic carbocycles. The topological polar surface area (TPSA) is 90.8 Å². The number of carbonyl (C=O) groups is 1. The molecule has 0 fully saturated rings. The van der Waals surface area contributed by atoms with Gasteiger partial charge in [-0.05, 0) is 39.0 Å². The molecule has 0 aromatic heterocycles. The summed E-state index contributed by atoms with van der Waals surface area (Å²) < 4.78 is 5.14. The predicted octanol–water partition coefficient (Wildman–Crippen LogP) is 2.45. The number of carbonyl (C=O) groups excluding carboxylic acids is 1. The Balaban J connectivity index is 2.64. The maximum atomic E-state index is 11.7. The Bertz CT molecular complexity index is 488. The molecule has 0 saturated heterocycles. The first-order chi connectivity index (χ1) is 9.71. The number of hydrogen-bond acceptors (Lipinski definition) is 5. The van der Waals surface area contributed by atoms with Crippen LogP contribution in [0.4, 0.5) is 16.2 Å². The van der Waals surface area contributed by atoms with Gasteiger partial charge in [0.15, 0.2) is 0 Å². The highest BCUT2D eigenvalue weighted by atomic mass is 35.5. The highest BCUT2D eigenvalue weighted by Gasteiger charge is 2.17. The van der Waals surface area contributed by atoms with E-state index in [1.54, 1.807) is 39.0 Å². The molecule has 0 saturated carbocycles. The Morgan fingerprint density at radius 3 is 2.62 bits per heavy atom. The normalized spacial score (nSPS) is 12.7. The molecule has 4 N–H and O–H groups in total. The number of rotatable bonds is 5. The number of nitrogens with one attached hydrogen (secondary N) is 2. The predicted molar refractivity (Wildman–Crippen MR) is 82.9 cm³/mol. The van der Waals surface area contributed by atoms with Crippen LogP contribution in [0.3, 0.4) is 0 Å². The van der Waals surface area contributed by atoms with Crippen LogP contribution in [-0.2, 0) is 4.74 Å². The van der Waals surface area contributed by atoms with Crippen LogP contribution >= 0.6 is 11.6 Å². The minimum atomic E-state index is -0.844. The molecule has 0 bridgehead atoms. The Morgan fingerprint density at radius 1 is 1.43 bits per heavy atom. The molecule has 1 amide bonds. The molecule has 0 aliphatic heterocycles. The molecular weight excluding hydrogens is 296 g/mol. The van der Waals surface area contributed by atoms with Crippen LogP contribution in [0.25, 0.3) is 0 Å². The quantitative estimate of drug-likeness (QED) is 0.670. The molecule has 0 aliphatic carbocycles. The fourth-order valence-electron chi connectivity index (χ4n) is 1.44. The molecule has 0 radical (unpaired) electrons. The number of halogens is 1. The molecule has 0 spiro atoms. The van der Waals surface area contributed by atoms with Crippen molar-refractivity contribution in [3.05, 3.63) is 23.2 Å². The second-order valence-corrected chi connectivity index (χ2v) is 5.95. The summed E-state index contributed by atoms with van der Waals surface area (Å²) in [5.41, 5.74) is 0.514. The van der Waals surface area contributed by atoms with Crippen molar-refractivity contribution in [3.8, 4) is 0 Å². The van der Waals surface area contributed by atoms with E-state index < -0.39 is 17.8 Å². The third-order valence-corrected chi connectivity index (χ3v) is 2.67. The summed E-state index contributed by atoms with van der Waals surface area (Å²) in [7, 11) is 0. The molecule has 1 unspecified atom stereocenters. The van der Waals surface area contributed by atoms with Crippen LogP contribution in [0.15, 0.2) is 18.2 Å². The molecule has 0 aliphatic rings. The molecule has 1 aromatic rings. The number of aliphatic hydroxyl groups excluding tert-OH is 2. The van der Waals surface area contributed by atoms with Gasteiger partial charge in [0.25, 0.3) is 0 Å². The first-order valence-electron chi connectivity index (χ1n) is 6.53. The van der Waals surface area contributed by atoms with Gasteiger partial charge in [-0.1, -0.05) is 11.6 Å². The number of aliphatic hydroxyl groups is 2. The summed E-state index contributed by atoms with van der Waals surface area (Å²) in [4.78, 5) is 11.7. The summed E-state index contributed by atoms with van der Waals surface area (Å²) >= 11 is 6.07. The van der Waals surface area contributed by atoms with Crippen molar-refractivity contribution in [2.75, 3.05) is 23.8 Å². The molecule has 118 valence electrons. The van der Waals surface area contributed by atoms with Crippen LogP contribution < -0.4 is 10.6 Å². The number of ether oxygens (including phenoxy) is 1. The van der Waals surface area contributed by atoms with Crippen LogP contribution in [0, 0.1) is 0 Å². The van der Waals surface area contributed by atoms with Crippen LogP contribution in [0.5, 0.6) is 0 Å². The average molecular weight is 317 g/mol. The molecule has 1 rings (SSSR count). The molecule has 7 heteroatoms. The van der Waals surface area contributed by atoms with E-state index in [1.165, 1.54) is 0 Å². The van der Waals surface area contributed by atoms with Crippen molar-refractivity contribution < 1.29 is 19.7 Å². The zero-order chi connectivity index (χ0) is 16.0. The van der Waals surface area contributed by atoms with E-state index in [0.717, 1.165) is 0 Å². The number of anilines is 2. The monoisotopic (exact) mass is 316 g/mol. The molecule has 21 heavy (non-hydrogen) atoms. The van der Waals surface area contributed by atoms with E-state index >= 15 is 0 Å². The summed E-state index contributed by atoms with van der Waals surface area (Å²) in [6.07, 6.45) is -1.43. The van der Waals surface area contributed by atoms with Crippen molar-refractivity contribution in [2.24, 2.45) is 0 Å². The van der Waals surface area contributed by atoms with E-state index in [-0.39, 0.29) is 13.2 Å². The largest absolute Gasteiger partial charge is 0.444 e. The standard InChI is InChI=1S/C14H21ClN2O4/c1-14(2,3)21-13(20)17-12-5-4-9(6-11(12)15)16-7-10(19)8-18/h4-6,10,16,18-19H,7-8H2,1-3H3,(H,17,20). The van der Waals surface area contributed by atoms with Gasteiger partial charge in [-0.15, -0.1) is 0 Å². The van der Waals surface area contributed by atoms with Gasteiger partial charge in [-0.25, -0.2) is 4.79 Å². The van der Waals surface area contributed by atoms with Gasteiger partial charge in [0.05, 0.1) is 23.4 Å². The van der Waals surface area contributed by atoms with E-state index in [2.05, 4.69) is 10.6 Å². The average Bonchev–Trinajstić information content (AvgIpc) is 2.36. The van der Waals surface area contributed by atoms with Gasteiger partial charge in [-0.2, -0.15) is 0 Å². The van der Waals surface area contributed by atoms with Crippen molar-refractivity contribution in [1.82, 2.24) is 0 Å².